The van der Waals surface area contributed by atoms with Crippen molar-refractivity contribution in [3.05, 3.63) is 0 Å². The summed E-state index contributed by atoms with van der Waals surface area (Å²) in [6, 6.07) is -0.659. The Hall–Kier alpha value is -1.39. The molecule has 0 aromatic rings. The highest BCUT2D eigenvalue weighted by atomic mass is 16.6. The van der Waals surface area contributed by atoms with Crippen LogP contribution in [0.1, 0.15) is 62.7 Å². The zero-order valence-corrected chi connectivity index (χ0v) is 13.1. The Labute approximate surface area is 117 Å². The zero-order chi connectivity index (χ0) is 15.6. The summed E-state index contributed by atoms with van der Waals surface area (Å²) >= 11 is 0. The lowest BCUT2D eigenvalue weighted by Gasteiger charge is -2.22. The van der Waals surface area contributed by atoms with Gasteiger partial charge in [-0.05, 0) is 41.0 Å². The number of nitrogens with one attached hydrogen (secondary N) is 1. The molecule has 0 saturated heterocycles. The molecular weight excluding hydrogens is 246 g/mol. The van der Waals surface area contributed by atoms with Crippen molar-refractivity contribution < 1.29 is 20.5 Å². The molecular formula is C14H29NO4. The van der Waals surface area contributed by atoms with Crippen molar-refractivity contribution in [2.24, 2.45) is 0 Å². The SMILES string of the molecule is CC.CC(=O)CCC(NC(=O)OC(C)(C)C)C(C)=O.[HH]. The van der Waals surface area contributed by atoms with E-state index in [1.807, 2.05) is 13.8 Å². The number of ketones is 2. The van der Waals surface area contributed by atoms with E-state index in [2.05, 4.69) is 5.32 Å². The summed E-state index contributed by atoms with van der Waals surface area (Å²) in [7, 11) is 0. The zero-order valence-electron chi connectivity index (χ0n) is 13.1. The lowest BCUT2D eigenvalue weighted by atomic mass is 10.1. The van der Waals surface area contributed by atoms with Crippen molar-refractivity contribution >= 4 is 17.7 Å². The van der Waals surface area contributed by atoms with Gasteiger partial charge in [0, 0.05) is 7.85 Å². The number of hydrogen-bond donors (Lipinski definition) is 1. The maximum Gasteiger partial charge on any atom is 0.408 e. The summed E-state index contributed by atoms with van der Waals surface area (Å²) in [5.41, 5.74) is -0.605. The third kappa shape index (κ3) is 12.9. The van der Waals surface area contributed by atoms with Gasteiger partial charge < -0.3 is 14.8 Å². The molecule has 5 nitrogen and oxygen atoms in total. The maximum atomic E-state index is 11.4. The predicted octanol–water partition coefficient (Wildman–Crippen LogP) is 3.11. The van der Waals surface area contributed by atoms with Gasteiger partial charge in [-0.2, -0.15) is 0 Å². The highest BCUT2D eigenvalue weighted by molar-refractivity contribution is 5.86. The van der Waals surface area contributed by atoms with Crippen molar-refractivity contribution in [3.63, 3.8) is 0 Å². The first-order chi connectivity index (χ1) is 8.61. The van der Waals surface area contributed by atoms with Crippen LogP contribution in [-0.4, -0.2) is 29.3 Å². The highest BCUT2D eigenvalue weighted by Crippen LogP contribution is 2.08. The lowest BCUT2D eigenvalue weighted by Crippen LogP contribution is -2.42. The number of amides is 1. The van der Waals surface area contributed by atoms with Crippen molar-refractivity contribution in [3.8, 4) is 0 Å². The van der Waals surface area contributed by atoms with Crippen molar-refractivity contribution in [2.75, 3.05) is 0 Å². The van der Waals surface area contributed by atoms with E-state index in [9.17, 15) is 14.4 Å². The van der Waals surface area contributed by atoms with Crippen LogP contribution in [0.4, 0.5) is 4.79 Å². The molecule has 1 unspecified atom stereocenters. The van der Waals surface area contributed by atoms with Crippen LogP contribution < -0.4 is 5.32 Å². The minimum Gasteiger partial charge on any atom is -0.444 e. The molecule has 0 radical (unpaired) electrons. The van der Waals surface area contributed by atoms with Crippen molar-refractivity contribution in [1.82, 2.24) is 5.32 Å². The fourth-order valence-corrected chi connectivity index (χ4v) is 1.17. The lowest BCUT2D eigenvalue weighted by molar-refractivity contribution is -0.120. The van der Waals surface area contributed by atoms with Gasteiger partial charge in [0.05, 0.1) is 6.04 Å². The van der Waals surface area contributed by atoms with Gasteiger partial charge in [-0.1, -0.05) is 13.8 Å². The van der Waals surface area contributed by atoms with Gasteiger partial charge in [0.25, 0.3) is 0 Å². The van der Waals surface area contributed by atoms with Crippen LogP contribution in [0.2, 0.25) is 0 Å². The molecule has 0 fully saturated rings. The third-order valence-corrected chi connectivity index (χ3v) is 1.97. The van der Waals surface area contributed by atoms with Crippen molar-refractivity contribution in [2.45, 2.75) is 73.0 Å². The van der Waals surface area contributed by atoms with Crippen LogP contribution in [0.25, 0.3) is 0 Å². The van der Waals surface area contributed by atoms with Gasteiger partial charge in [0.2, 0.25) is 0 Å². The van der Waals surface area contributed by atoms with Gasteiger partial charge in [-0.25, -0.2) is 4.79 Å². The Kier molecular flexibility index (Phi) is 10.00. The fraction of sp³-hybridized carbons (Fsp3) is 0.786. The van der Waals surface area contributed by atoms with Crippen LogP contribution in [0, 0.1) is 0 Å². The van der Waals surface area contributed by atoms with E-state index >= 15 is 0 Å². The average molecular weight is 275 g/mol. The van der Waals surface area contributed by atoms with E-state index in [4.69, 9.17) is 4.74 Å². The topological polar surface area (TPSA) is 72.5 Å². The summed E-state index contributed by atoms with van der Waals surface area (Å²) in [4.78, 5) is 33.6. The van der Waals surface area contributed by atoms with E-state index in [1.165, 1.54) is 13.8 Å². The second-order valence-electron chi connectivity index (χ2n) is 5.05. The van der Waals surface area contributed by atoms with Gasteiger partial charge in [-0.15, -0.1) is 0 Å². The van der Waals surface area contributed by atoms with Gasteiger partial charge in [0.15, 0.2) is 5.78 Å². The number of ether oxygens (including phenoxy) is 1. The quantitative estimate of drug-likeness (QED) is 0.836. The molecule has 0 aromatic heterocycles. The molecule has 0 heterocycles. The molecule has 0 saturated carbocycles. The first-order valence-electron chi connectivity index (χ1n) is 6.61. The van der Waals surface area contributed by atoms with E-state index in [0.717, 1.165) is 0 Å². The summed E-state index contributed by atoms with van der Waals surface area (Å²) in [6.07, 6.45) is -0.0644. The highest BCUT2D eigenvalue weighted by Gasteiger charge is 2.22. The normalized spacial score (nSPS) is 11.7. The van der Waals surface area contributed by atoms with E-state index in [-0.39, 0.29) is 19.4 Å². The summed E-state index contributed by atoms with van der Waals surface area (Å²) in [6.45, 7) is 12.0. The van der Waals surface area contributed by atoms with Crippen LogP contribution >= 0.6 is 0 Å². The molecule has 0 spiro atoms. The Morgan fingerprint density at radius 2 is 1.63 bits per heavy atom. The summed E-state index contributed by atoms with van der Waals surface area (Å²) in [5, 5.41) is 2.47. The molecule has 1 N–H and O–H groups in total. The van der Waals surface area contributed by atoms with E-state index < -0.39 is 17.7 Å². The summed E-state index contributed by atoms with van der Waals surface area (Å²) < 4.78 is 5.04. The molecule has 1 amide bonds. The minimum atomic E-state index is -0.659. The van der Waals surface area contributed by atoms with E-state index in [0.29, 0.717) is 6.42 Å². The summed E-state index contributed by atoms with van der Waals surface area (Å²) in [5.74, 6) is -0.195. The number of rotatable bonds is 5. The molecule has 114 valence electrons. The Morgan fingerprint density at radius 1 is 1.16 bits per heavy atom. The monoisotopic (exact) mass is 275 g/mol. The third-order valence-electron chi connectivity index (χ3n) is 1.97. The molecule has 1 atom stereocenters. The standard InChI is InChI=1S/C12H21NO4.C2H6.H2/c1-8(14)6-7-10(9(2)15)13-11(16)17-12(3,4)5;1-2;/h10H,6-7H2,1-5H3,(H,13,16);1-2H3;1H. The minimum absolute atomic E-state index is 0. The second-order valence-corrected chi connectivity index (χ2v) is 5.05. The number of carbonyl (C=O) groups excluding carboxylic acids is 3. The predicted molar refractivity (Wildman–Crippen MR) is 77.2 cm³/mol. The van der Waals surface area contributed by atoms with Gasteiger partial charge in [0.1, 0.15) is 11.4 Å². The molecule has 0 aliphatic rings. The van der Waals surface area contributed by atoms with Crippen LogP contribution in [0.15, 0.2) is 0 Å². The smallest absolute Gasteiger partial charge is 0.408 e. The second kappa shape index (κ2) is 9.53. The number of hydrogen-bond acceptors (Lipinski definition) is 4. The molecule has 5 heteroatoms. The van der Waals surface area contributed by atoms with Gasteiger partial charge >= 0.3 is 6.09 Å². The maximum absolute atomic E-state index is 11.4. The molecule has 0 bridgehead atoms. The largest absolute Gasteiger partial charge is 0.444 e. The van der Waals surface area contributed by atoms with Crippen LogP contribution in [0.5, 0.6) is 0 Å². The molecule has 19 heavy (non-hydrogen) atoms. The fourth-order valence-electron chi connectivity index (χ4n) is 1.17. The van der Waals surface area contributed by atoms with Crippen LogP contribution in [0.3, 0.4) is 0 Å². The molecule has 0 aliphatic heterocycles. The first kappa shape index (κ1) is 19.9. The first-order valence-corrected chi connectivity index (χ1v) is 6.61. The Balaban J connectivity index is -0.000000916. The molecule has 0 rings (SSSR count). The number of Topliss-reactive ketones (excluding diaryl/α,β-unsaturated/α-hetero) is 2. The Morgan fingerprint density at radius 3 is 1.95 bits per heavy atom. The average Bonchev–Trinajstić information content (AvgIpc) is 2.23. The van der Waals surface area contributed by atoms with Crippen LogP contribution in [-0.2, 0) is 14.3 Å². The van der Waals surface area contributed by atoms with E-state index in [1.54, 1.807) is 20.8 Å². The van der Waals surface area contributed by atoms with Crippen molar-refractivity contribution in [1.29, 1.82) is 0 Å². The Bertz CT molecular complexity index is 311. The molecule has 0 aliphatic carbocycles. The number of carbonyl (C=O) groups is 3. The molecule has 0 aromatic carbocycles. The van der Waals surface area contributed by atoms with Gasteiger partial charge in [-0.3, -0.25) is 4.79 Å². The number of alkyl carbamates (subject to hydrolysis) is 1.